The molecule has 0 spiro atoms. The molecule has 6 rings (SSSR count). The van der Waals surface area contributed by atoms with Crippen LogP contribution in [0, 0.1) is 0 Å². The topological polar surface area (TPSA) is 124 Å². The molecule has 1 aliphatic heterocycles. The Bertz CT molecular complexity index is 1610. The van der Waals surface area contributed by atoms with Gasteiger partial charge in [0, 0.05) is 49.9 Å². The minimum atomic E-state index is -1.05. The molecule has 12 heteroatoms. The Balaban J connectivity index is 1.21. The Morgan fingerprint density at radius 2 is 1.80 bits per heavy atom. The zero-order valence-corrected chi connectivity index (χ0v) is 26.6. The van der Waals surface area contributed by atoms with E-state index >= 15 is 0 Å². The summed E-state index contributed by atoms with van der Waals surface area (Å²) in [6.45, 7) is 9.05. The number of aryl methyl sites for hydroxylation is 1. The van der Waals surface area contributed by atoms with Gasteiger partial charge >= 0.3 is 12.2 Å². The number of hydrogen-bond donors (Lipinski definition) is 1. The maximum absolute atomic E-state index is 14.0. The van der Waals surface area contributed by atoms with Crippen molar-refractivity contribution in [1.82, 2.24) is 24.6 Å². The fraction of sp³-hybridized carbons (Fsp3) is 0.562. The molecule has 1 saturated heterocycles. The molecule has 0 radical (unpaired) electrons. The van der Waals surface area contributed by atoms with Crippen LogP contribution in [0.5, 0.6) is 11.8 Å². The first-order valence-electron chi connectivity index (χ1n) is 15.2. The van der Waals surface area contributed by atoms with Gasteiger partial charge < -0.3 is 33.7 Å². The highest BCUT2D eigenvalue weighted by Gasteiger charge is 2.46. The molecular weight excluding hydrogens is 564 g/mol. The van der Waals surface area contributed by atoms with Crippen LogP contribution in [-0.4, -0.2) is 81.6 Å². The summed E-state index contributed by atoms with van der Waals surface area (Å²) in [5.74, 6) is 0.733. The van der Waals surface area contributed by atoms with Crippen LogP contribution in [0.25, 0.3) is 16.6 Å². The average Bonchev–Trinajstić information content (AvgIpc) is 3.57. The van der Waals surface area contributed by atoms with Crippen LogP contribution >= 0.6 is 0 Å². The third-order valence-electron chi connectivity index (χ3n) is 8.66. The molecule has 44 heavy (non-hydrogen) atoms. The minimum absolute atomic E-state index is 0.107. The van der Waals surface area contributed by atoms with Gasteiger partial charge in [-0.15, -0.1) is 0 Å². The maximum atomic E-state index is 14.0. The second-order valence-corrected chi connectivity index (χ2v) is 13.2. The third kappa shape index (κ3) is 5.57. The van der Waals surface area contributed by atoms with Crippen LogP contribution in [0.1, 0.15) is 71.3 Å². The number of carbonyl (C=O) groups is 2. The second kappa shape index (κ2) is 11.0. The SMILES string of the molecule is COc1nc2c(o1)C(C)(C(=O)Nc1cc3cn(C)nc3cc1OC)CC=C2N1CCC(N(C(=O)OC(C)(C)C)C2CC2)CC1. The third-order valence-corrected chi connectivity index (χ3v) is 8.66. The quantitative estimate of drug-likeness (QED) is 0.392. The molecule has 3 aliphatic rings. The van der Waals surface area contributed by atoms with E-state index in [1.165, 1.54) is 7.11 Å². The van der Waals surface area contributed by atoms with Gasteiger partial charge in [0.25, 0.3) is 0 Å². The van der Waals surface area contributed by atoms with Crippen molar-refractivity contribution in [2.45, 2.75) is 82.9 Å². The number of likely N-dealkylation sites (tertiary alicyclic amines) is 1. The van der Waals surface area contributed by atoms with E-state index in [1.807, 2.05) is 58.0 Å². The van der Waals surface area contributed by atoms with Gasteiger partial charge in [-0.1, -0.05) is 6.08 Å². The van der Waals surface area contributed by atoms with E-state index < -0.39 is 11.0 Å². The van der Waals surface area contributed by atoms with Crippen molar-refractivity contribution < 1.29 is 28.2 Å². The van der Waals surface area contributed by atoms with E-state index in [-0.39, 0.29) is 30.2 Å². The van der Waals surface area contributed by atoms with E-state index in [2.05, 4.69) is 26.4 Å². The first-order valence-corrected chi connectivity index (χ1v) is 15.2. The van der Waals surface area contributed by atoms with Crippen molar-refractivity contribution in [1.29, 1.82) is 0 Å². The molecule has 3 heterocycles. The summed E-state index contributed by atoms with van der Waals surface area (Å²) in [5, 5.41) is 8.40. The number of oxazole rings is 1. The molecule has 2 aliphatic carbocycles. The lowest BCUT2D eigenvalue weighted by atomic mass is 9.77. The minimum Gasteiger partial charge on any atom is -0.494 e. The van der Waals surface area contributed by atoms with Gasteiger partial charge in [-0.05, 0) is 65.9 Å². The number of rotatable bonds is 7. The Kier molecular flexibility index (Phi) is 7.49. The van der Waals surface area contributed by atoms with E-state index in [0.717, 1.165) is 55.4 Å². The first-order chi connectivity index (χ1) is 20.9. The van der Waals surface area contributed by atoms with Gasteiger partial charge in [0.2, 0.25) is 5.91 Å². The summed E-state index contributed by atoms with van der Waals surface area (Å²) in [5.41, 5.74) is 1.27. The number of piperidine rings is 1. The number of benzene rings is 1. The van der Waals surface area contributed by atoms with Crippen molar-refractivity contribution in [3.05, 3.63) is 35.9 Å². The van der Waals surface area contributed by atoms with Crippen molar-refractivity contribution in [3.8, 4) is 11.8 Å². The summed E-state index contributed by atoms with van der Waals surface area (Å²) >= 11 is 0. The Hall–Kier alpha value is -4.22. The predicted molar refractivity (Wildman–Crippen MR) is 165 cm³/mol. The Labute approximate surface area is 257 Å². The predicted octanol–water partition coefficient (Wildman–Crippen LogP) is 5.08. The second-order valence-electron chi connectivity index (χ2n) is 13.2. The highest BCUT2D eigenvalue weighted by molar-refractivity contribution is 6.02. The molecule has 2 amide bonds. The summed E-state index contributed by atoms with van der Waals surface area (Å²) in [7, 11) is 4.92. The van der Waals surface area contributed by atoms with Gasteiger partial charge in [-0.3, -0.25) is 9.48 Å². The largest absolute Gasteiger partial charge is 0.494 e. The highest BCUT2D eigenvalue weighted by Crippen LogP contribution is 2.44. The molecule has 1 atom stereocenters. The number of nitrogens with zero attached hydrogens (tertiary/aromatic N) is 5. The molecule has 0 bridgehead atoms. The van der Waals surface area contributed by atoms with Crippen LogP contribution in [-0.2, 0) is 22.0 Å². The molecule has 1 saturated carbocycles. The maximum Gasteiger partial charge on any atom is 0.410 e. The number of allylic oxidation sites excluding steroid dienone is 1. The summed E-state index contributed by atoms with van der Waals surface area (Å²) in [6.07, 6.45) is 7.92. The van der Waals surface area contributed by atoms with Gasteiger partial charge in [-0.25, -0.2) is 4.79 Å². The van der Waals surface area contributed by atoms with Gasteiger partial charge in [0.15, 0.2) is 5.76 Å². The van der Waals surface area contributed by atoms with Gasteiger partial charge in [0.1, 0.15) is 22.5 Å². The normalized spacial score (nSPS) is 20.6. The van der Waals surface area contributed by atoms with Crippen LogP contribution in [0.4, 0.5) is 10.5 Å². The zero-order chi connectivity index (χ0) is 31.4. The molecule has 236 valence electrons. The number of nitrogens with one attached hydrogen (secondary N) is 1. The van der Waals surface area contributed by atoms with Crippen molar-refractivity contribution in [3.63, 3.8) is 0 Å². The fourth-order valence-corrected chi connectivity index (χ4v) is 6.25. The average molecular weight is 607 g/mol. The number of anilines is 1. The highest BCUT2D eigenvalue weighted by atomic mass is 16.6. The molecular formula is C32H42N6O6. The molecule has 2 aromatic heterocycles. The van der Waals surface area contributed by atoms with Gasteiger partial charge in [0.05, 0.1) is 31.1 Å². The van der Waals surface area contributed by atoms with Crippen molar-refractivity contribution >= 4 is 34.3 Å². The van der Waals surface area contributed by atoms with E-state index in [4.69, 9.17) is 18.6 Å². The Morgan fingerprint density at radius 1 is 1.09 bits per heavy atom. The van der Waals surface area contributed by atoms with Crippen LogP contribution in [0.2, 0.25) is 0 Å². The van der Waals surface area contributed by atoms with Crippen LogP contribution in [0.15, 0.2) is 28.8 Å². The van der Waals surface area contributed by atoms with E-state index in [0.29, 0.717) is 29.3 Å². The fourth-order valence-electron chi connectivity index (χ4n) is 6.25. The molecule has 1 N–H and O–H groups in total. The summed E-state index contributed by atoms with van der Waals surface area (Å²) < 4.78 is 24.5. The Morgan fingerprint density at radius 3 is 2.43 bits per heavy atom. The summed E-state index contributed by atoms with van der Waals surface area (Å²) in [4.78, 5) is 36.0. The number of carbonyl (C=O) groups excluding carboxylic acids is 2. The first kappa shape index (κ1) is 29.8. The smallest absolute Gasteiger partial charge is 0.410 e. The van der Waals surface area contributed by atoms with Crippen LogP contribution < -0.4 is 14.8 Å². The number of fused-ring (bicyclic) bond motifs is 2. The molecule has 1 aromatic carbocycles. The lowest BCUT2D eigenvalue weighted by molar-refractivity contribution is -0.121. The van der Waals surface area contributed by atoms with Crippen molar-refractivity contribution in [2.24, 2.45) is 7.05 Å². The molecule has 2 fully saturated rings. The summed E-state index contributed by atoms with van der Waals surface area (Å²) in [6, 6.07) is 4.05. The number of aromatic nitrogens is 3. The van der Waals surface area contributed by atoms with Gasteiger partial charge in [-0.2, -0.15) is 10.1 Å². The number of hydrogen-bond acceptors (Lipinski definition) is 9. The number of ether oxygens (including phenoxy) is 3. The number of amides is 2. The number of methoxy groups -OCH3 is 2. The van der Waals surface area contributed by atoms with Crippen LogP contribution in [0.3, 0.4) is 0 Å². The molecule has 1 unspecified atom stereocenters. The molecule has 3 aromatic rings. The molecule has 12 nitrogen and oxygen atoms in total. The lowest BCUT2D eigenvalue weighted by Crippen LogP contribution is -2.50. The monoisotopic (exact) mass is 606 g/mol. The standard InChI is InChI=1S/C32H42N6O6/c1-31(2,3)44-30(40)38(20-8-9-20)21-11-14-37(15-12-21)24-10-13-32(4,27-26(24)34-29(42-7)43-27)28(39)33-23-16-19-18-36(5)35-22(19)17-25(23)41-6/h10,16-18,20-21H,8-9,11-15H2,1-7H3,(H,33,39). The van der Waals surface area contributed by atoms with E-state index in [1.54, 1.807) is 11.8 Å². The van der Waals surface area contributed by atoms with Crippen molar-refractivity contribution in [2.75, 3.05) is 32.6 Å². The van der Waals surface area contributed by atoms with E-state index in [9.17, 15) is 9.59 Å². The lowest BCUT2D eigenvalue weighted by Gasteiger charge is -2.41. The zero-order valence-electron chi connectivity index (χ0n) is 26.6.